The molecule has 148 valence electrons. The van der Waals surface area contributed by atoms with Crippen molar-refractivity contribution in [3.05, 3.63) is 48.0 Å². The van der Waals surface area contributed by atoms with Crippen LogP contribution < -0.4 is 5.32 Å². The normalized spacial score (nSPS) is 20.5. The van der Waals surface area contributed by atoms with E-state index in [0.29, 0.717) is 0 Å². The molecule has 1 aromatic rings. The molecule has 1 atom stereocenters. The Bertz CT molecular complexity index is 598. The first-order valence-electron chi connectivity index (χ1n) is 9.65. The predicted molar refractivity (Wildman–Crippen MR) is 104 cm³/mol. The molecule has 1 aliphatic heterocycles. The molecule has 27 heavy (non-hydrogen) atoms. The van der Waals surface area contributed by atoms with Crippen molar-refractivity contribution in [2.45, 2.75) is 44.7 Å². The highest BCUT2D eigenvalue weighted by Crippen LogP contribution is 2.19. The number of nitrogens with one attached hydrogen (secondary N) is 1. The molecule has 0 amide bonds. The van der Waals surface area contributed by atoms with Crippen molar-refractivity contribution < 1.29 is 19.8 Å². The largest absolute Gasteiger partial charge is 0.473 e. The Labute approximate surface area is 160 Å². The van der Waals surface area contributed by atoms with E-state index in [0.717, 1.165) is 18.5 Å². The number of aliphatic carboxylic acids is 2. The van der Waals surface area contributed by atoms with E-state index in [9.17, 15) is 0 Å². The lowest BCUT2D eigenvalue weighted by molar-refractivity contribution is -0.159. The summed E-state index contributed by atoms with van der Waals surface area (Å²) < 4.78 is 0. The van der Waals surface area contributed by atoms with Gasteiger partial charge in [-0.2, -0.15) is 0 Å². The summed E-state index contributed by atoms with van der Waals surface area (Å²) in [7, 11) is 0. The average molecular weight is 374 g/mol. The number of carbonyl (C=O) groups is 2. The van der Waals surface area contributed by atoms with Gasteiger partial charge in [-0.25, -0.2) is 9.59 Å². The number of nitrogens with zero attached hydrogens (tertiary/aromatic N) is 1. The molecule has 1 heterocycles. The van der Waals surface area contributed by atoms with Crippen LogP contribution in [-0.2, 0) is 16.1 Å². The van der Waals surface area contributed by atoms with Gasteiger partial charge >= 0.3 is 11.9 Å². The summed E-state index contributed by atoms with van der Waals surface area (Å²) in [5.74, 6) is -2.78. The van der Waals surface area contributed by atoms with Crippen LogP contribution in [0.3, 0.4) is 0 Å². The minimum Gasteiger partial charge on any atom is -0.473 e. The predicted octanol–water partition coefficient (Wildman–Crippen LogP) is 2.75. The summed E-state index contributed by atoms with van der Waals surface area (Å²) in [5, 5.41) is 18.6. The molecular weight excluding hydrogens is 344 g/mol. The maximum Gasteiger partial charge on any atom is 0.414 e. The van der Waals surface area contributed by atoms with Crippen LogP contribution in [0.15, 0.2) is 42.5 Å². The van der Waals surface area contributed by atoms with Crippen molar-refractivity contribution in [1.82, 2.24) is 10.2 Å². The molecule has 3 rings (SSSR count). The van der Waals surface area contributed by atoms with Gasteiger partial charge in [-0.3, -0.25) is 4.90 Å². The fraction of sp³-hybridized carbons (Fsp3) is 0.524. The zero-order chi connectivity index (χ0) is 19.5. The summed E-state index contributed by atoms with van der Waals surface area (Å²) in [6.45, 7) is 4.79. The summed E-state index contributed by atoms with van der Waals surface area (Å²) in [6, 6.07) is 11.6. The van der Waals surface area contributed by atoms with Crippen molar-refractivity contribution in [3.63, 3.8) is 0 Å². The second kappa shape index (κ2) is 11.5. The number of carboxylic acids is 2. The highest BCUT2D eigenvalue weighted by molar-refractivity contribution is 6.27. The topological polar surface area (TPSA) is 89.9 Å². The third-order valence-electron chi connectivity index (χ3n) is 5.09. The van der Waals surface area contributed by atoms with Crippen molar-refractivity contribution in [3.8, 4) is 0 Å². The molecule has 0 unspecified atom stereocenters. The quantitative estimate of drug-likeness (QED) is 0.542. The van der Waals surface area contributed by atoms with Crippen LogP contribution >= 0.6 is 0 Å². The van der Waals surface area contributed by atoms with Gasteiger partial charge in [0.05, 0.1) is 0 Å². The van der Waals surface area contributed by atoms with Crippen LogP contribution in [0.1, 0.15) is 37.7 Å². The molecule has 2 aliphatic rings. The van der Waals surface area contributed by atoms with Gasteiger partial charge in [-0.15, -0.1) is 0 Å². The lowest BCUT2D eigenvalue weighted by atomic mass is 9.93. The van der Waals surface area contributed by atoms with E-state index in [-0.39, 0.29) is 0 Å². The lowest BCUT2D eigenvalue weighted by Gasteiger charge is -2.33. The monoisotopic (exact) mass is 374 g/mol. The van der Waals surface area contributed by atoms with E-state index < -0.39 is 11.9 Å². The zero-order valence-corrected chi connectivity index (χ0v) is 15.7. The Morgan fingerprint density at radius 1 is 1.00 bits per heavy atom. The second-order valence-corrected chi connectivity index (χ2v) is 7.21. The molecule has 0 bridgehead atoms. The highest BCUT2D eigenvalue weighted by Gasteiger charge is 2.20. The Hall–Kier alpha value is -2.18. The molecule has 0 saturated carbocycles. The van der Waals surface area contributed by atoms with Gasteiger partial charge in [-0.1, -0.05) is 42.5 Å². The Kier molecular flexibility index (Phi) is 9.01. The maximum absolute atomic E-state index is 9.10. The standard InChI is InChI=1S/C19H28N2.C2H2O4/c1-3-7-17(8-4-1)15-20-19-11-13-21(14-12-19)16-18-9-5-2-6-10-18;3-1(4)2(5)6/h1-3,5-6,9-10,17,19-20H,4,7-8,11-16H2;(H,3,4)(H,5,6)/t17-;/m1./s1. The molecule has 6 nitrogen and oxygen atoms in total. The fourth-order valence-electron chi connectivity index (χ4n) is 3.51. The number of carboxylic acid groups (broad SMARTS) is 2. The smallest absolute Gasteiger partial charge is 0.414 e. The van der Waals surface area contributed by atoms with Gasteiger partial charge in [0, 0.05) is 12.6 Å². The maximum atomic E-state index is 9.10. The molecule has 1 aliphatic carbocycles. The third kappa shape index (κ3) is 8.37. The van der Waals surface area contributed by atoms with Gasteiger partial charge in [0.15, 0.2) is 0 Å². The molecule has 0 radical (unpaired) electrons. The first-order chi connectivity index (χ1) is 13.0. The number of allylic oxidation sites excluding steroid dienone is 2. The van der Waals surface area contributed by atoms with Crippen LogP contribution in [-0.4, -0.2) is 52.7 Å². The summed E-state index contributed by atoms with van der Waals surface area (Å²) in [4.78, 5) is 20.8. The van der Waals surface area contributed by atoms with Crippen LogP contribution in [0.2, 0.25) is 0 Å². The van der Waals surface area contributed by atoms with E-state index in [1.807, 2.05) is 0 Å². The molecule has 0 spiro atoms. The van der Waals surface area contributed by atoms with Gasteiger partial charge in [0.1, 0.15) is 0 Å². The lowest BCUT2D eigenvalue weighted by Crippen LogP contribution is -2.43. The number of hydrogen-bond donors (Lipinski definition) is 3. The van der Waals surface area contributed by atoms with Gasteiger partial charge in [0.2, 0.25) is 0 Å². The van der Waals surface area contributed by atoms with Gasteiger partial charge in [0.25, 0.3) is 0 Å². The number of rotatable bonds is 5. The van der Waals surface area contributed by atoms with E-state index in [1.165, 1.54) is 57.3 Å². The molecule has 1 fully saturated rings. The average Bonchev–Trinajstić information content (AvgIpc) is 2.69. The van der Waals surface area contributed by atoms with Gasteiger partial charge < -0.3 is 15.5 Å². The van der Waals surface area contributed by atoms with Crippen LogP contribution in [0.4, 0.5) is 0 Å². The summed E-state index contributed by atoms with van der Waals surface area (Å²) in [5.41, 5.74) is 1.44. The van der Waals surface area contributed by atoms with E-state index in [4.69, 9.17) is 19.8 Å². The van der Waals surface area contributed by atoms with E-state index in [1.54, 1.807) is 0 Å². The van der Waals surface area contributed by atoms with Crippen LogP contribution in [0.25, 0.3) is 0 Å². The molecule has 6 heteroatoms. The Balaban J connectivity index is 0.000000380. The second-order valence-electron chi connectivity index (χ2n) is 7.21. The summed E-state index contributed by atoms with van der Waals surface area (Å²) in [6.07, 6.45) is 11.2. The molecular formula is C21H30N2O4. The molecule has 3 N–H and O–H groups in total. The first-order valence-corrected chi connectivity index (χ1v) is 9.65. The van der Waals surface area contributed by atoms with Crippen molar-refractivity contribution in [1.29, 1.82) is 0 Å². The van der Waals surface area contributed by atoms with Crippen molar-refractivity contribution in [2.24, 2.45) is 5.92 Å². The number of piperidine rings is 1. The summed E-state index contributed by atoms with van der Waals surface area (Å²) >= 11 is 0. The third-order valence-corrected chi connectivity index (χ3v) is 5.09. The molecule has 1 saturated heterocycles. The molecule has 1 aromatic carbocycles. The van der Waals surface area contributed by atoms with Crippen LogP contribution in [0.5, 0.6) is 0 Å². The first kappa shape index (κ1) is 21.1. The minimum atomic E-state index is -1.82. The van der Waals surface area contributed by atoms with Crippen molar-refractivity contribution >= 4 is 11.9 Å². The SMILES string of the molecule is C1=CC[C@@H](CNC2CCN(Cc3ccccc3)CC2)CC1.O=C(O)C(=O)O. The number of benzene rings is 1. The van der Waals surface area contributed by atoms with E-state index >= 15 is 0 Å². The highest BCUT2D eigenvalue weighted by atomic mass is 16.4. The fourth-order valence-corrected chi connectivity index (χ4v) is 3.51. The number of hydrogen-bond acceptors (Lipinski definition) is 4. The van der Waals surface area contributed by atoms with Crippen molar-refractivity contribution in [2.75, 3.05) is 19.6 Å². The zero-order valence-electron chi connectivity index (χ0n) is 15.7. The van der Waals surface area contributed by atoms with E-state index in [2.05, 4.69) is 52.7 Å². The Morgan fingerprint density at radius 3 is 2.22 bits per heavy atom. The minimum absolute atomic E-state index is 0.739. The van der Waals surface area contributed by atoms with Crippen LogP contribution in [0, 0.1) is 5.92 Å². The van der Waals surface area contributed by atoms with Gasteiger partial charge in [-0.05, 0) is 63.2 Å². The Morgan fingerprint density at radius 2 is 1.67 bits per heavy atom. The number of likely N-dealkylation sites (tertiary alicyclic amines) is 1. The molecule has 0 aromatic heterocycles.